The first-order valence-electron chi connectivity index (χ1n) is 9.74. The third-order valence-electron chi connectivity index (χ3n) is 5.42. The molecule has 3 aromatic heterocycles. The normalized spacial score (nSPS) is 18.8. The van der Waals surface area contributed by atoms with Crippen molar-refractivity contribution in [1.82, 2.24) is 25.1 Å². The molecular weight excluding hydrogens is 382 g/mol. The van der Waals surface area contributed by atoms with E-state index in [0.29, 0.717) is 35.3 Å². The second-order valence-electron chi connectivity index (χ2n) is 7.56. The van der Waals surface area contributed by atoms with Crippen molar-refractivity contribution >= 4 is 22.8 Å². The monoisotopic (exact) mass is 403 g/mol. The molecule has 4 aromatic rings. The number of anilines is 1. The summed E-state index contributed by atoms with van der Waals surface area (Å²) in [6.07, 6.45) is 6.18. The molecule has 1 aliphatic heterocycles. The summed E-state index contributed by atoms with van der Waals surface area (Å²) in [5.74, 6) is 0.783. The van der Waals surface area contributed by atoms with Gasteiger partial charge in [0.15, 0.2) is 5.58 Å². The molecule has 1 aromatic carbocycles. The van der Waals surface area contributed by atoms with Gasteiger partial charge in [0.25, 0.3) is 0 Å². The molecule has 1 saturated heterocycles. The maximum absolute atomic E-state index is 11.3. The highest BCUT2D eigenvalue weighted by molar-refractivity contribution is 5.81. The van der Waals surface area contributed by atoms with Gasteiger partial charge in [-0.1, -0.05) is 12.1 Å². The van der Waals surface area contributed by atoms with Gasteiger partial charge >= 0.3 is 0 Å². The summed E-state index contributed by atoms with van der Waals surface area (Å²) in [4.78, 5) is 20.2. The number of pyridine rings is 1. The molecule has 2 atom stereocenters. The topological polar surface area (TPSA) is 138 Å². The first kappa shape index (κ1) is 18.3. The van der Waals surface area contributed by atoms with E-state index in [4.69, 9.17) is 15.9 Å². The van der Waals surface area contributed by atoms with E-state index in [9.17, 15) is 4.79 Å². The zero-order valence-corrected chi connectivity index (χ0v) is 16.2. The van der Waals surface area contributed by atoms with Crippen LogP contribution >= 0.6 is 0 Å². The SMILES string of the molecule is NC(=O)C1CC(Cn2cc(-c3cnc(N)c(-c4nc5ccccc5o4)c3)cn2)CN1. The van der Waals surface area contributed by atoms with Crippen LogP contribution < -0.4 is 16.8 Å². The number of nitrogen functional groups attached to an aromatic ring is 1. The van der Waals surface area contributed by atoms with Crippen LogP contribution in [0.4, 0.5) is 5.82 Å². The lowest BCUT2D eigenvalue weighted by Gasteiger charge is -2.08. The summed E-state index contributed by atoms with van der Waals surface area (Å²) >= 11 is 0. The molecule has 152 valence electrons. The van der Waals surface area contributed by atoms with Crippen molar-refractivity contribution in [2.75, 3.05) is 12.3 Å². The Labute approximate surface area is 172 Å². The average molecular weight is 403 g/mol. The summed E-state index contributed by atoms with van der Waals surface area (Å²) in [7, 11) is 0. The van der Waals surface area contributed by atoms with Crippen LogP contribution in [-0.2, 0) is 11.3 Å². The predicted octanol–water partition coefficient (Wildman–Crippen LogP) is 1.80. The average Bonchev–Trinajstić information content (AvgIpc) is 3.48. The van der Waals surface area contributed by atoms with Gasteiger partial charge in [-0.25, -0.2) is 9.97 Å². The highest BCUT2D eigenvalue weighted by atomic mass is 16.3. The number of aromatic nitrogens is 4. The van der Waals surface area contributed by atoms with Gasteiger partial charge in [0.2, 0.25) is 11.8 Å². The van der Waals surface area contributed by atoms with Gasteiger partial charge in [0.1, 0.15) is 11.3 Å². The van der Waals surface area contributed by atoms with E-state index in [1.54, 1.807) is 12.4 Å². The van der Waals surface area contributed by atoms with Crippen molar-refractivity contribution in [2.45, 2.75) is 19.0 Å². The third-order valence-corrected chi connectivity index (χ3v) is 5.42. The number of amides is 1. The second kappa shape index (κ2) is 7.27. The predicted molar refractivity (Wildman–Crippen MR) is 112 cm³/mol. The van der Waals surface area contributed by atoms with Gasteiger partial charge in [-0.3, -0.25) is 9.48 Å². The number of fused-ring (bicyclic) bond motifs is 1. The molecule has 9 nitrogen and oxygen atoms in total. The zero-order valence-electron chi connectivity index (χ0n) is 16.2. The molecule has 0 spiro atoms. The fraction of sp³-hybridized carbons (Fsp3) is 0.238. The molecule has 1 aliphatic rings. The molecule has 0 aliphatic carbocycles. The molecule has 1 fully saturated rings. The van der Waals surface area contributed by atoms with Crippen LogP contribution in [0.5, 0.6) is 0 Å². The van der Waals surface area contributed by atoms with Crippen LogP contribution in [0.3, 0.4) is 0 Å². The lowest BCUT2D eigenvalue weighted by molar-refractivity contribution is -0.119. The number of hydrogen-bond donors (Lipinski definition) is 3. The van der Waals surface area contributed by atoms with Gasteiger partial charge in [-0.2, -0.15) is 5.10 Å². The molecule has 4 heterocycles. The molecule has 30 heavy (non-hydrogen) atoms. The molecule has 5 N–H and O–H groups in total. The van der Waals surface area contributed by atoms with E-state index in [1.165, 1.54) is 0 Å². The smallest absolute Gasteiger partial charge is 0.234 e. The van der Waals surface area contributed by atoms with E-state index < -0.39 is 0 Å². The van der Waals surface area contributed by atoms with Gasteiger partial charge in [0.05, 0.1) is 17.8 Å². The Balaban J connectivity index is 1.39. The van der Waals surface area contributed by atoms with Gasteiger partial charge in [-0.05, 0) is 30.5 Å². The minimum atomic E-state index is -0.307. The number of carbonyl (C=O) groups is 1. The largest absolute Gasteiger partial charge is 0.436 e. The minimum absolute atomic E-state index is 0.259. The maximum atomic E-state index is 11.3. The van der Waals surface area contributed by atoms with Crippen molar-refractivity contribution in [1.29, 1.82) is 0 Å². The Kier molecular flexibility index (Phi) is 4.44. The molecular formula is C21H21N7O2. The van der Waals surface area contributed by atoms with E-state index in [1.807, 2.05) is 41.2 Å². The number of hydrogen-bond acceptors (Lipinski definition) is 7. The number of nitrogens with one attached hydrogen (secondary N) is 1. The van der Waals surface area contributed by atoms with E-state index in [-0.39, 0.29) is 11.9 Å². The van der Waals surface area contributed by atoms with Crippen molar-refractivity contribution < 1.29 is 9.21 Å². The molecule has 9 heteroatoms. The minimum Gasteiger partial charge on any atom is -0.436 e. The Bertz CT molecular complexity index is 1200. The molecule has 0 radical (unpaired) electrons. The number of benzene rings is 1. The van der Waals surface area contributed by atoms with Gasteiger partial charge in [-0.15, -0.1) is 0 Å². The number of rotatable bonds is 5. The highest BCUT2D eigenvalue weighted by Crippen LogP contribution is 2.31. The first-order chi connectivity index (χ1) is 14.6. The van der Waals surface area contributed by atoms with Crippen LogP contribution in [0.15, 0.2) is 53.3 Å². The summed E-state index contributed by atoms with van der Waals surface area (Å²) < 4.78 is 7.73. The number of carbonyl (C=O) groups excluding carboxylic acids is 1. The first-order valence-corrected chi connectivity index (χ1v) is 9.74. The Morgan fingerprint density at radius 2 is 2.13 bits per heavy atom. The third kappa shape index (κ3) is 3.39. The number of oxazole rings is 1. The quantitative estimate of drug-likeness (QED) is 0.462. The van der Waals surface area contributed by atoms with E-state index in [2.05, 4.69) is 20.4 Å². The lowest BCUT2D eigenvalue weighted by atomic mass is 10.1. The number of nitrogens with zero attached hydrogens (tertiary/aromatic N) is 4. The van der Waals surface area contributed by atoms with Crippen LogP contribution in [0.1, 0.15) is 6.42 Å². The Hall–Kier alpha value is -3.72. The molecule has 0 bridgehead atoms. The molecule has 5 rings (SSSR count). The summed E-state index contributed by atoms with van der Waals surface area (Å²) in [5, 5.41) is 7.61. The molecule has 0 saturated carbocycles. The maximum Gasteiger partial charge on any atom is 0.234 e. The lowest BCUT2D eigenvalue weighted by Crippen LogP contribution is -2.36. The standard InChI is InChI=1S/C21H21N7O2/c22-19-15(21-27-16-3-1-2-4-18(16)30-21)6-13(8-25-19)14-9-26-28(11-14)10-12-5-17(20(23)29)24-7-12/h1-4,6,8-9,11-12,17,24H,5,7,10H2,(H2,22,25)(H2,23,29). The zero-order chi connectivity index (χ0) is 20.7. The summed E-state index contributed by atoms with van der Waals surface area (Å²) in [6, 6.07) is 9.21. The van der Waals surface area contributed by atoms with Crippen molar-refractivity contribution in [3.8, 4) is 22.6 Å². The Morgan fingerprint density at radius 1 is 1.27 bits per heavy atom. The Morgan fingerprint density at radius 3 is 2.93 bits per heavy atom. The second-order valence-corrected chi connectivity index (χ2v) is 7.56. The summed E-state index contributed by atoms with van der Waals surface area (Å²) in [5.41, 5.74) is 15.4. The number of nitrogens with two attached hydrogens (primary N) is 2. The van der Waals surface area contributed by atoms with Gasteiger partial charge < -0.3 is 21.2 Å². The van der Waals surface area contributed by atoms with Gasteiger partial charge in [0, 0.05) is 36.6 Å². The van der Waals surface area contributed by atoms with Crippen LogP contribution in [-0.4, -0.2) is 38.2 Å². The summed E-state index contributed by atoms with van der Waals surface area (Å²) in [6.45, 7) is 1.45. The fourth-order valence-electron chi connectivity index (χ4n) is 3.83. The fourth-order valence-corrected chi connectivity index (χ4v) is 3.83. The van der Waals surface area contributed by atoms with E-state index in [0.717, 1.165) is 29.6 Å². The van der Waals surface area contributed by atoms with Crippen molar-refractivity contribution in [3.63, 3.8) is 0 Å². The van der Waals surface area contributed by atoms with Crippen LogP contribution in [0.2, 0.25) is 0 Å². The molecule has 2 unspecified atom stereocenters. The van der Waals surface area contributed by atoms with Crippen molar-refractivity contribution in [3.05, 3.63) is 48.9 Å². The number of para-hydroxylation sites is 2. The van der Waals surface area contributed by atoms with Crippen molar-refractivity contribution in [2.24, 2.45) is 11.7 Å². The number of primary amides is 1. The van der Waals surface area contributed by atoms with Crippen LogP contribution in [0, 0.1) is 5.92 Å². The molecule has 1 amide bonds. The van der Waals surface area contributed by atoms with Crippen LogP contribution in [0.25, 0.3) is 33.7 Å². The van der Waals surface area contributed by atoms with E-state index >= 15 is 0 Å². The highest BCUT2D eigenvalue weighted by Gasteiger charge is 2.28.